The molecule has 0 saturated carbocycles. The van der Waals surface area contributed by atoms with E-state index in [0.29, 0.717) is 0 Å². The molecule has 2 N–H and O–H groups in total. The van der Waals surface area contributed by atoms with E-state index in [1.165, 1.54) is 0 Å². The van der Waals surface area contributed by atoms with Gasteiger partial charge in [-0.3, -0.25) is 0 Å². The van der Waals surface area contributed by atoms with Crippen LogP contribution < -0.4 is 11.1 Å². The van der Waals surface area contributed by atoms with Crippen LogP contribution in [0.15, 0.2) is 9.21 Å². The van der Waals surface area contributed by atoms with Crippen LogP contribution in [0.1, 0.15) is 40.5 Å². The van der Waals surface area contributed by atoms with E-state index in [9.17, 15) is 9.59 Å². The predicted octanol–water partition coefficient (Wildman–Crippen LogP) is 1.12. The minimum atomic E-state index is -0.929. The zero-order chi connectivity index (χ0) is 13.3. The van der Waals surface area contributed by atoms with Crippen molar-refractivity contribution in [2.45, 2.75) is 45.8 Å². The normalized spacial score (nSPS) is 12.3. The van der Waals surface area contributed by atoms with Crippen LogP contribution in [0.5, 0.6) is 0 Å². The molecule has 7 nitrogen and oxygen atoms in total. The zero-order valence-corrected chi connectivity index (χ0v) is 10.6. The van der Waals surface area contributed by atoms with Gasteiger partial charge in [-0.2, -0.15) is 0 Å². The molecule has 1 aromatic rings. The number of nitrogens with one attached hydrogen (secondary N) is 2. The molecule has 7 heteroatoms. The second-order valence-corrected chi connectivity index (χ2v) is 5.17. The maximum absolute atomic E-state index is 11.6. The third-order valence-corrected chi connectivity index (χ3v) is 1.79. The van der Waals surface area contributed by atoms with Crippen LogP contribution in [-0.4, -0.2) is 21.9 Å². The van der Waals surface area contributed by atoms with Crippen molar-refractivity contribution in [2.75, 3.05) is 0 Å². The summed E-state index contributed by atoms with van der Waals surface area (Å²) >= 11 is 0. The van der Waals surface area contributed by atoms with E-state index in [4.69, 9.17) is 9.15 Å². The lowest BCUT2D eigenvalue weighted by atomic mass is 10.1. The monoisotopic (exact) mass is 243 g/mol. The molecule has 1 rings (SSSR count). The van der Waals surface area contributed by atoms with Gasteiger partial charge in [0.15, 0.2) is 0 Å². The molecule has 1 amide bonds. The fraction of sp³-hybridized carbons (Fsp3) is 0.700. The van der Waals surface area contributed by atoms with Crippen LogP contribution in [0.4, 0.5) is 4.79 Å². The second kappa shape index (κ2) is 4.23. The summed E-state index contributed by atoms with van der Waals surface area (Å²) in [6.45, 7) is 8.57. The summed E-state index contributed by atoms with van der Waals surface area (Å²) in [4.78, 5) is 22.4. The number of carbonyl (C=O) groups is 1. The summed E-state index contributed by atoms with van der Waals surface area (Å²) in [5.41, 5.74) is -1.52. The summed E-state index contributed by atoms with van der Waals surface area (Å²) < 4.78 is 9.88. The lowest BCUT2D eigenvalue weighted by molar-refractivity contribution is 0.0454. The van der Waals surface area contributed by atoms with Crippen molar-refractivity contribution in [2.24, 2.45) is 0 Å². The van der Waals surface area contributed by atoms with Crippen LogP contribution >= 0.6 is 0 Å². The standard InChI is InChI=1S/C10H17N3O4/c1-9(2,3)17-7(14)11-10(4,5)6-12-13-8(15)16-6/h1-5H3,(H,11,14)(H,13,15). The fourth-order valence-corrected chi connectivity index (χ4v) is 1.11. The van der Waals surface area contributed by atoms with Crippen LogP contribution in [0.25, 0.3) is 0 Å². The third-order valence-electron chi connectivity index (χ3n) is 1.79. The second-order valence-electron chi connectivity index (χ2n) is 5.17. The van der Waals surface area contributed by atoms with Crippen LogP contribution in [0.3, 0.4) is 0 Å². The Morgan fingerprint density at radius 3 is 2.35 bits per heavy atom. The molecule has 0 atom stereocenters. The molecular weight excluding hydrogens is 226 g/mol. The number of H-pyrrole nitrogens is 1. The van der Waals surface area contributed by atoms with Gasteiger partial charge in [0, 0.05) is 0 Å². The van der Waals surface area contributed by atoms with Crippen molar-refractivity contribution in [1.29, 1.82) is 0 Å². The number of hydrogen-bond donors (Lipinski definition) is 2. The Labute approximate surface area is 98.5 Å². The molecule has 0 spiro atoms. The van der Waals surface area contributed by atoms with E-state index in [-0.39, 0.29) is 5.89 Å². The first kappa shape index (κ1) is 13.3. The third kappa shape index (κ3) is 3.93. The summed E-state index contributed by atoms with van der Waals surface area (Å²) in [6.07, 6.45) is -0.604. The van der Waals surface area contributed by atoms with Crippen LogP contribution in [0.2, 0.25) is 0 Å². The summed E-state index contributed by atoms with van der Waals surface area (Å²) in [5.74, 6) is -0.576. The molecular formula is C10H17N3O4. The molecule has 0 aliphatic heterocycles. The Kier molecular flexibility index (Phi) is 3.30. The van der Waals surface area contributed by atoms with Gasteiger partial charge in [0.05, 0.1) is 0 Å². The van der Waals surface area contributed by atoms with E-state index in [1.54, 1.807) is 34.6 Å². The highest BCUT2D eigenvalue weighted by atomic mass is 16.6. The number of hydrogen-bond acceptors (Lipinski definition) is 5. The summed E-state index contributed by atoms with van der Waals surface area (Å²) in [6, 6.07) is 0. The molecule has 0 saturated heterocycles. The number of aromatic nitrogens is 2. The van der Waals surface area contributed by atoms with Crippen molar-refractivity contribution in [3.05, 3.63) is 16.4 Å². The van der Waals surface area contributed by atoms with Gasteiger partial charge in [-0.05, 0) is 34.6 Å². The molecule has 0 aliphatic rings. The first-order valence-corrected chi connectivity index (χ1v) is 5.17. The number of carbonyl (C=O) groups excluding carboxylic acids is 1. The highest BCUT2D eigenvalue weighted by Gasteiger charge is 2.30. The molecule has 0 radical (unpaired) electrons. The van der Waals surface area contributed by atoms with E-state index in [0.717, 1.165) is 0 Å². The van der Waals surface area contributed by atoms with E-state index < -0.39 is 23.0 Å². The predicted molar refractivity (Wildman–Crippen MR) is 59.5 cm³/mol. The molecule has 1 heterocycles. The fourth-order valence-electron chi connectivity index (χ4n) is 1.11. The topological polar surface area (TPSA) is 97.2 Å². The number of rotatable bonds is 2. The molecule has 0 unspecified atom stereocenters. The maximum Gasteiger partial charge on any atom is 0.434 e. The van der Waals surface area contributed by atoms with Gasteiger partial charge < -0.3 is 14.5 Å². The molecule has 0 aliphatic carbocycles. The molecule has 96 valence electrons. The lowest BCUT2D eigenvalue weighted by Gasteiger charge is -2.25. The van der Waals surface area contributed by atoms with E-state index in [2.05, 4.69) is 15.5 Å². The lowest BCUT2D eigenvalue weighted by Crippen LogP contribution is -2.44. The number of amides is 1. The van der Waals surface area contributed by atoms with Gasteiger partial charge in [-0.25, -0.2) is 14.7 Å². The largest absolute Gasteiger partial charge is 0.444 e. The SMILES string of the molecule is CC(C)(C)OC(=O)NC(C)(C)c1n[nH]c(=O)o1. The average Bonchev–Trinajstić information content (AvgIpc) is 2.46. The average molecular weight is 243 g/mol. The van der Waals surface area contributed by atoms with Crippen LogP contribution in [-0.2, 0) is 10.3 Å². The number of aromatic amines is 1. The van der Waals surface area contributed by atoms with Gasteiger partial charge in [0.25, 0.3) is 0 Å². The Morgan fingerprint density at radius 1 is 1.35 bits per heavy atom. The smallest absolute Gasteiger partial charge is 0.434 e. The minimum absolute atomic E-state index is 0.0911. The van der Waals surface area contributed by atoms with E-state index in [1.807, 2.05) is 0 Å². The molecule has 17 heavy (non-hydrogen) atoms. The highest BCUT2D eigenvalue weighted by molar-refractivity contribution is 5.68. The molecule has 0 bridgehead atoms. The van der Waals surface area contributed by atoms with Crippen molar-refractivity contribution < 1.29 is 13.9 Å². The number of nitrogens with zero attached hydrogens (tertiary/aromatic N) is 1. The zero-order valence-electron chi connectivity index (χ0n) is 10.6. The minimum Gasteiger partial charge on any atom is -0.444 e. The summed E-state index contributed by atoms with van der Waals surface area (Å²) in [5, 5.41) is 8.36. The van der Waals surface area contributed by atoms with Gasteiger partial charge in [0.1, 0.15) is 11.1 Å². The van der Waals surface area contributed by atoms with Gasteiger partial charge >= 0.3 is 11.8 Å². The first-order valence-electron chi connectivity index (χ1n) is 5.17. The quantitative estimate of drug-likeness (QED) is 0.811. The Hall–Kier alpha value is -1.79. The van der Waals surface area contributed by atoms with Gasteiger partial charge in [0.2, 0.25) is 5.89 Å². The molecule has 1 aromatic heterocycles. The Morgan fingerprint density at radius 2 is 1.94 bits per heavy atom. The summed E-state index contributed by atoms with van der Waals surface area (Å²) in [7, 11) is 0. The highest BCUT2D eigenvalue weighted by Crippen LogP contribution is 2.17. The molecule has 0 fully saturated rings. The number of alkyl carbamates (subject to hydrolysis) is 1. The van der Waals surface area contributed by atoms with Crippen LogP contribution in [0, 0.1) is 0 Å². The Bertz CT molecular complexity index is 453. The van der Waals surface area contributed by atoms with Crippen molar-refractivity contribution in [3.8, 4) is 0 Å². The van der Waals surface area contributed by atoms with Gasteiger partial charge in [-0.15, -0.1) is 5.10 Å². The first-order chi connectivity index (χ1) is 7.60. The maximum atomic E-state index is 11.6. The van der Waals surface area contributed by atoms with Crippen molar-refractivity contribution >= 4 is 6.09 Å². The Balaban J connectivity index is 2.73. The molecule has 0 aromatic carbocycles. The van der Waals surface area contributed by atoms with Crippen molar-refractivity contribution in [3.63, 3.8) is 0 Å². The number of ether oxygens (including phenoxy) is 1. The van der Waals surface area contributed by atoms with E-state index >= 15 is 0 Å². The van der Waals surface area contributed by atoms with Gasteiger partial charge in [-0.1, -0.05) is 0 Å². The van der Waals surface area contributed by atoms with Crippen molar-refractivity contribution in [1.82, 2.24) is 15.5 Å².